The molecule has 3 heterocycles. The molecule has 132 valence electrons. The average Bonchev–Trinajstić information content (AvgIpc) is 2.62. The Morgan fingerprint density at radius 3 is 2.65 bits per heavy atom. The Kier molecular flexibility index (Phi) is 4.88. The molecule has 0 aliphatic rings. The van der Waals surface area contributed by atoms with E-state index in [0.29, 0.717) is 34.4 Å². The molecule has 0 fully saturated rings. The van der Waals surface area contributed by atoms with Crippen LogP contribution in [0.4, 0.5) is 11.6 Å². The number of nitrogens with zero attached hydrogens (tertiary/aromatic N) is 4. The summed E-state index contributed by atoms with van der Waals surface area (Å²) in [7, 11) is 0. The van der Waals surface area contributed by atoms with Gasteiger partial charge < -0.3 is 16.5 Å². The molecule has 0 radical (unpaired) electrons. The van der Waals surface area contributed by atoms with Crippen molar-refractivity contribution in [1.82, 2.24) is 20.2 Å². The summed E-state index contributed by atoms with van der Waals surface area (Å²) in [6, 6.07) is 7.57. The third-order valence-corrected chi connectivity index (χ3v) is 4.02. The van der Waals surface area contributed by atoms with Crippen LogP contribution in [0.5, 0.6) is 0 Å². The SMILES string of the molecule is CC(=N)/C(=C\N)c1cnc2ccc(Nc3cc(C(C)C)cnn3)nc2c1. The fourth-order valence-corrected chi connectivity index (χ4v) is 2.55. The van der Waals surface area contributed by atoms with Gasteiger partial charge in [-0.25, -0.2) is 4.98 Å². The van der Waals surface area contributed by atoms with Crippen LogP contribution in [-0.2, 0) is 0 Å². The van der Waals surface area contributed by atoms with E-state index in [1.807, 2.05) is 24.3 Å². The van der Waals surface area contributed by atoms with Crippen LogP contribution < -0.4 is 11.1 Å². The summed E-state index contributed by atoms with van der Waals surface area (Å²) < 4.78 is 0. The largest absolute Gasteiger partial charge is 0.404 e. The summed E-state index contributed by atoms with van der Waals surface area (Å²) in [5.74, 6) is 1.66. The smallest absolute Gasteiger partial charge is 0.154 e. The van der Waals surface area contributed by atoms with Gasteiger partial charge in [-0.05, 0) is 42.7 Å². The van der Waals surface area contributed by atoms with Crippen molar-refractivity contribution in [2.45, 2.75) is 26.7 Å². The van der Waals surface area contributed by atoms with Crippen molar-refractivity contribution in [2.75, 3.05) is 5.32 Å². The zero-order valence-corrected chi connectivity index (χ0v) is 15.0. The molecule has 0 amide bonds. The second-order valence-corrected chi connectivity index (χ2v) is 6.32. The number of nitrogens with two attached hydrogens (primary N) is 1. The molecule has 0 aliphatic heterocycles. The first-order chi connectivity index (χ1) is 12.5. The molecule has 0 saturated heterocycles. The minimum atomic E-state index is 0.369. The molecule has 0 saturated carbocycles. The minimum Gasteiger partial charge on any atom is -0.404 e. The number of allylic oxidation sites excluding steroid dienone is 1. The van der Waals surface area contributed by atoms with E-state index >= 15 is 0 Å². The number of hydrogen-bond acceptors (Lipinski definition) is 7. The first-order valence-electron chi connectivity index (χ1n) is 8.32. The van der Waals surface area contributed by atoms with Gasteiger partial charge in [-0.15, -0.1) is 5.10 Å². The van der Waals surface area contributed by atoms with Gasteiger partial charge in [0.15, 0.2) is 5.82 Å². The number of anilines is 2. The van der Waals surface area contributed by atoms with Crippen molar-refractivity contribution < 1.29 is 0 Å². The highest BCUT2D eigenvalue weighted by Crippen LogP contribution is 2.22. The normalized spacial score (nSPS) is 11.8. The van der Waals surface area contributed by atoms with Gasteiger partial charge in [-0.1, -0.05) is 13.8 Å². The second kappa shape index (κ2) is 7.26. The summed E-state index contributed by atoms with van der Waals surface area (Å²) in [5.41, 5.74) is 9.99. The summed E-state index contributed by atoms with van der Waals surface area (Å²) in [4.78, 5) is 9.01. The molecule has 4 N–H and O–H groups in total. The van der Waals surface area contributed by atoms with Crippen LogP contribution in [0.25, 0.3) is 16.6 Å². The highest BCUT2D eigenvalue weighted by atomic mass is 15.2. The van der Waals surface area contributed by atoms with Gasteiger partial charge in [0.25, 0.3) is 0 Å². The molecule has 3 aromatic heterocycles. The van der Waals surface area contributed by atoms with E-state index in [2.05, 4.69) is 39.3 Å². The van der Waals surface area contributed by atoms with Crippen LogP contribution >= 0.6 is 0 Å². The fraction of sp³-hybridized carbons (Fsp3) is 0.211. The summed E-state index contributed by atoms with van der Waals surface area (Å²) >= 11 is 0. The maximum Gasteiger partial charge on any atom is 0.154 e. The van der Waals surface area contributed by atoms with E-state index < -0.39 is 0 Å². The van der Waals surface area contributed by atoms with Crippen molar-refractivity contribution in [3.8, 4) is 0 Å². The van der Waals surface area contributed by atoms with Gasteiger partial charge in [-0.2, -0.15) is 5.10 Å². The Morgan fingerprint density at radius 1 is 1.15 bits per heavy atom. The molecule has 0 bridgehead atoms. The topological polar surface area (TPSA) is 113 Å². The van der Waals surface area contributed by atoms with Gasteiger partial charge >= 0.3 is 0 Å². The number of aromatic nitrogens is 4. The average molecular weight is 347 g/mol. The summed E-state index contributed by atoms with van der Waals surface area (Å²) in [6.07, 6.45) is 4.88. The van der Waals surface area contributed by atoms with E-state index in [1.54, 1.807) is 19.3 Å². The zero-order valence-electron chi connectivity index (χ0n) is 15.0. The predicted molar refractivity (Wildman–Crippen MR) is 105 cm³/mol. The summed E-state index contributed by atoms with van der Waals surface area (Å²) in [6.45, 7) is 5.90. The van der Waals surface area contributed by atoms with Crippen LogP contribution in [0.15, 0.2) is 42.9 Å². The maximum absolute atomic E-state index is 7.82. The van der Waals surface area contributed by atoms with E-state index in [4.69, 9.17) is 11.1 Å². The van der Waals surface area contributed by atoms with Crippen LogP contribution in [0.1, 0.15) is 37.8 Å². The van der Waals surface area contributed by atoms with Gasteiger partial charge in [-0.3, -0.25) is 4.98 Å². The standard InChI is InChI=1S/C19H21N7/c1-11(2)13-7-19(26-23-10-13)25-18-5-4-16-17(24-18)6-14(9-22-16)15(8-20)12(3)21/h4-11,21H,20H2,1-3H3,(H,24,25,26)/b15-8+,21-12?. The number of rotatable bonds is 5. The van der Waals surface area contributed by atoms with E-state index in [0.717, 1.165) is 16.6 Å². The van der Waals surface area contributed by atoms with E-state index in [9.17, 15) is 0 Å². The Labute approximate surface area is 151 Å². The molecule has 7 heteroatoms. The Morgan fingerprint density at radius 2 is 1.96 bits per heavy atom. The van der Waals surface area contributed by atoms with Gasteiger partial charge in [0.05, 0.1) is 17.2 Å². The van der Waals surface area contributed by atoms with Crippen molar-refractivity contribution in [3.05, 3.63) is 54.0 Å². The first-order valence-corrected chi connectivity index (χ1v) is 8.32. The lowest BCUT2D eigenvalue weighted by Crippen LogP contribution is -2.02. The third-order valence-electron chi connectivity index (χ3n) is 4.02. The van der Waals surface area contributed by atoms with Crippen LogP contribution in [0, 0.1) is 5.41 Å². The molecular weight excluding hydrogens is 326 g/mol. The van der Waals surface area contributed by atoms with Crippen LogP contribution in [0.3, 0.4) is 0 Å². The molecule has 0 spiro atoms. The molecule has 7 nitrogen and oxygen atoms in total. The minimum absolute atomic E-state index is 0.369. The lowest BCUT2D eigenvalue weighted by atomic mass is 10.0. The highest BCUT2D eigenvalue weighted by Gasteiger charge is 2.08. The second-order valence-electron chi connectivity index (χ2n) is 6.32. The van der Waals surface area contributed by atoms with Crippen molar-refractivity contribution >= 4 is 34.0 Å². The fourth-order valence-electron chi connectivity index (χ4n) is 2.55. The highest BCUT2D eigenvalue weighted by molar-refractivity contribution is 6.21. The van der Waals surface area contributed by atoms with Crippen molar-refractivity contribution in [2.24, 2.45) is 5.73 Å². The van der Waals surface area contributed by atoms with Gasteiger partial charge in [0.1, 0.15) is 5.82 Å². The zero-order chi connectivity index (χ0) is 18.7. The molecule has 0 unspecified atom stereocenters. The maximum atomic E-state index is 7.82. The number of pyridine rings is 2. The van der Waals surface area contributed by atoms with Crippen molar-refractivity contribution in [3.63, 3.8) is 0 Å². The Balaban J connectivity index is 1.95. The Bertz CT molecular complexity index is 992. The monoisotopic (exact) mass is 347 g/mol. The van der Waals surface area contributed by atoms with E-state index in [1.165, 1.54) is 6.20 Å². The molecule has 26 heavy (non-hydrogen) atoms. The first kappa shape index (κ1) is 17.5. The lowest BCUT2D eigenvalue weighted by molar-refractivity contribution is 0.843. The molecule has 0 aromatic carbocycles. The summed E-state index contributed by atoms with van der Waals surface area (Å²) in [5, 5.41) is 19.1. The van der Waals surface area contributed by atoms with Gasteiger partial charge in [0.2, 0.25) is 0 Å². The number of hydrogen-bond donors (Lipinski definition) is 3. The predicted octanol–water partition coefficient (Wildman–Crippen LogP) is 3.63. The third kappa shape index (κ3) is 3.66. The van der Waals surface area contributed by atoms with E-state index in [-0.39, 0.29) is 0 Å². The Hall–Kier alpha value is -3.35. The van der Waals surface area contributed by atoms with Crippen LogP contribution in [-0.4, -0.2) is 25.9 Å². The molecule has 0 atom stereocenters. The molecule has 3 rings (SSSR count). The van der Waals surface area contributed by atoms with Crippen molar-refractivity contribution in [1.29, 1.82) is 5.41 Å². The van der Waals surface area contributed by atoms with Crippen LogP contribution in [0.2, 0.25) is 0 Å². The quantitative estimate of drug-likeness (QED) is 0.607. The molecule has 3 aromatic rings. The number of fused-ring (bicyclic) bond motifs is 1. The number of nitrogens with one attached hydrogen (secondary N) is 2. The van der Waals surface area contributed by atoms with Gasteiger partial charge in [0, 0.05) is 29.2 Å². The lowest BCUT2D eigenvalue weighted by Gasteiger charge is -2.09. The molecule has 0 aliphatic carbocycles. The molecular formula is C19H21N7.